The Labute approximate surface area is 272 Å². The smallest absolute Gasteiger partial charge is 0.337 e. The van der Waals surface area contributed by atoms with Crippen LogP contribution in [0.5, 0.6) is 0 Å². The molecule has 9 nitrogen and oxygen atoms in total. The number of fused-ring (bicyclic) bond motifs is 1. The molecule has 1 aliphatic carbocycles. The molecule has 240 valence electrons. The normalized spacial score (nSPS) is 12.4. The van der Waals surface area contributed by atoms with Crippen LogP contribution in [0.25, 0.3) is 0 Å². The maximum absolute atomic E-state index is 13.7. The molecular formula is C36H39N3O6S. The van der Waals surface area contributed by atoms with Gasteiger partial charge in [0.15, 0.2) is 0 Å². The van der Waals surface area contributed by atoms with E-state index in [0.717, 1.165) is 65.7 Å². The van der Waals surface area contributed by atoms with Crippen LogP contribution in [-0.4, -0.2) is 54.4 Å². The minimum absolute atomic E-state index is 0.190. The highest BCUT2D eigenvalue weighted by Crippen LogP contribution is 2.39. The molecule has 46 heavy (non-hydrogen) atoms. The van der Waals surface area contributed by atoms with E-state index in [1.807, 2.05) is 42.5 Å². The number of benzene rings is 3. The summed E-state index contributed by atoms with van der Waals surface area (Å²) in [5.41, 5.74) is 6.26. The quantitative estimate of drug-likeness (QED) is 0.128. The van der Waals surface area contributed by atoms with Gasteiger partial charge in [-0.25, -0.2) is 4.79 Å². The van der Waals surface area contributed by atoms with Crippen molar-refractivity contribution in [3.05, 3.63) is 117 Å². The molecule has 0 saturated heterocycles. The van der Waals surface area contributed by atoms with Crippen molar-refractivity contribution in [1.82, 2.24) is 5.32 Å². The minimum Gasteiger partial charge on any atom is -0.465 e. The molecule has 0 radical (unpaired) electrons. The Bertz CT molecular complexity index is 1660. The lowest BCUT2D eigenvalue weighted by Crippen LogP contribution is -2.35. The van der Waals surface area contributed by atoms with Crippen molar-refractivity contribution in [2.45, 2.75) is 51.1 Å². The molecule has 3 aromatic carbocycles. The number of hydrogen-bond acceptors (Lipinski definition) is 8. The summed E-state index contributed by atoms with van der Waals surface area (Å²) in [6.07, 6.45) is 5.34. The summed E-state index contributed by atoms with van der Waals surface area (Å²) in [5.74, 6) is -0.904. The number of esters is 1. The van der Waals surface area contributed by atoms with Gasteiger partial charge in [-0.2, -0.15) is 0 Å². The Morgan fingerprint density at radius 1 is 0.804 bits per heavy atom. The summed E-state index contributed by atoms with van der Waals surface area (Å²) in [6, 6.07) is 21.9. The van der Waals surface area contributed by atoms with Gasteiger partial charge in [-0.3, -0.25) is 9.59 Å². The summed E-state index contributed by atoms with van der Waals surface area (Å²) in [5, 5.41) is 28.3. The van der Waals surface area contributed by atoms with Gasteiger partial charge in [0.1, 0.15) is 5.00 Å². The van der Waals surface area contributed by atoms with Crippen LogP contribution in [0.15, 0.2) is 72.8 Å². The lowest BCUT2D eigenvalue weighted by molar-refractivity contribution is 0.0600. The van der Waals surface area contributed by atoms with E-state index in [9.17, 15) is 24.6 Å². The number of aryl methyl sites for hydroxylation is 3. The molecule has 5 rings (SSSR count). The molecule has 1 aromatic heterocycles. The molecule has 0 spiro atoms. The zero-order valence-electron chi connectivity index (χ0n) is 25.8. The zero-order chi connectivity index (χ0) is 32.5. The summed E-state index contributed by atoms with van der Waals surface area (Å²) in [7, 11) is 1.37. The molecule has 5 N–H and O–H groups in total. The number of aliphatic hydroxyl groups excluding tert-OH is 2. The number of nitrogens with one attached hydrogen (secondary N) is 3. The largest absolute Gasteiger partial charge is 0.465 e. The number of amides is 2. The fourth-order valence-corrected chi connectivity index (χ4v) is 6.79. The Morgan fingerprint density at radius 2 is 1.48 bits per heavy atom. The van der Waals surface area contributed by atoms with E-state index < -0.39 is 6.04 Å². The molecule has 2 amide bonds. The van der Waals surface area contributed by atoms with Crippen LogP contribution in [-0.2, 0) is 37.0 Å². The molecule has 0 atom stereocenters. The van der Waals surface area contributed by atoms with Crippen LogP contribution in [0.3, 0.4) is 0 Å². The molecule has 0 fully saturated rings. The van der Waals surface area contributed by atoms with Gasteiger partial charge >= 0.3 is 5.97 Å². The lowest BCUT2D eigenvalue weighted by atomic mass is 9.95. The minimum atomic E-state index is -0.439. The first-order valence-corrected chi connectivity index (χ1v) is 16.3. The fourth-order valence-electron chi connectivity index (χ4n) is 5.50. The van der Waals surface area contributed by atoms with Crippen molar-refractivity contribution >= 4 is 39.8 Å². The predicted molar refractivity (Wildman–Crippen MR) is 180 cm³/mol. The number of anilines is 2. The van der Waals surface area contributed by atoms with Gasteiger partial charge in [0, 0.05) is 22.7 Å². The molecule has 10 heteroatoms. The first kappa shape index (κ1) is 33.0. The summed E-state index contributed by atoms with van der Waals surface area (Å²) in [6.45, 7) is 0.00568. The average molecular weight is 642 g/mol. The van der Waals surface area contributed by atoms with Gasteiger partial charge in [0.2, 0.25) is 0 Å². The number of hydrogen-bond donors (Lipinski definition) is 5. The van der Waals surface area contributed by atoms with E-state index in [0.29, 0.717) is 33.9 Å². The second-order valence-electron chi connectivity index (χ2n) is 11.4. The first-order chi connectivity index (χ1) is 22.4. The molecule has 1 heterocycles. The highest BCUT2D eigenvalue weighted by atomic mass is 32.1. The Balaban J connectivity index is 1.25. The first-order valence-electron chi connectivity index (χ1n) is 15.5. The summed E-state index contributed by atoms with van der Waals surface area (Å²) in [4.78, 5) is 39.9. The van der Waals surface area contributed by atoms with Crippen molar-refractivity contribution in [3.8, 4) is 0 Å². The van der Waals surface area contributed by atoms with Crippen molar-refractivity contribution in [2.75, 3.05) is 31.0 Å². The van der Waals surface area contributed by atoms with Crippen molar-refractivity contribution in [3.63, 3.8) is 0 Å². The van der Waals surface area contributed by atoms with Gasteiger partial charge in [0.25, 0.3) is 11.8 Å². The van der Waals surface area contributed by atoms with Crippen LogP contribution in [0.2, 0.25) is 0 Å². The number of methoxy groups -OCH3 is 1. The van der Waals surface area contributed by atoms with Gasteiger partial charge in [0.05, 0.1) is 37.5 Å². The van der Waals surface area contributed by atoms with Crippen LogP contribution in [0.1, 0.15) is 71.0 Å². The third-order valence-corrected chi connectivity index (χ3v) is 9.35. The Hall–Kier alpha value is -4.35. The van der Waals surface area contributed by atoms with E-state index in [4.69, 9.17) is 4.74 Å². The van der Waals surface area contributed by atoms with E-state index in [1.165, 1.54) is 18.4 Å². The van der Waals surface area contributed by atoms with Gasteiger partial charge < -0.3 is 30.9 Å². The highest BCUT2D eigenvalue weighted by molar-refractivity contribution is 7.17. The van der Waals surface area contributed by atoms with E-state index in [-0.39, 0.29) is 31.0 Å². The van der Waals surface area contributed by atoms with Gasteiger partial charge in [-0.15, -0.1) is 11.3 Å². The van der Waals surface area contributed by atoms with E-state index in [2.05, 4.69) is 16.0 Å². The molecule has 0 unspecified atom stereocenters. The maximum atomic E-state index is 13.7. The third kappa shape index (κ3) is 8.27. The zero-order valence-corrected chi connectivity index (χ0v) is 26.6. The lowest BCUT2D eigenvalue weighted by Gasteiger charge is -2.14. The summed E-state index contributed by atoms with van der Waals surface area (Å²) < 4.78 is 4.76. The standard InChI is InChI=1S/C36H39N3O6S/c1-45-36(44)26-15-11-23(12-16-26)9-10-24-13-17-28(18-14-24)38-34(43)32-30-7-2-3-8-31(30)46-35(32)39-33(42)27-6-4-5-25(19-27)20-37-29(21-40)22-41/h4-6,11-19,29,37,40-41H,2-3,7-10,20-22H2,1H3,(H,38,43)(H,39,42). The van der Waals surface area contributed by atoms with Crippen LogP contribution in [0.4, 0.5) is 10.7 Å². The number of ether oxygens (including phenoxy) is 1. The third-order valence-electron chi connectivity index (χ3n) is 8.14. The second kappa shape index (κ2) is 15.8. The van der Waals surface area contributed by atoms with Gasteiger partial charge in [-0.1, -0.05) is 36.4 Å². The molecule has 0 saturated carbocycles. The van der Waals surface area contributed by atoms with Crippen molar-refractivity contribution in [1.29, 1.82) is 0 Å². The van der Waals surface area contributed by atoms with Gasteiger partial charge in [-0.05, 0) is 97.2 Å². The molecule has 0 aliphatic heterocycles. The molecule has 1 aliphatic rings. The number of rotatable bonds is 13. The van der Waals surface area contributed by atoms with Crippen molar-refractivity contribution in [2.24, 2.45) is 0 Å². The fraction of sp³-hybridized carbons (Fsp3) is 0.306. The molecule has 4 aromatic rings. The maximum Gasteiger partial charge on any atom is 0.337 e. The van der Waals surface area contributed by atoms with Crippen LogP contribution < -0.4 is 16.0 Å². The molecule has 0 bridgehead atoms. The van der Waals surface area contributed by atoms with Crippen LogP contribution in [0, 0.1) is 0 Å². The highest BCUT2D eigenvalue weighted by Gasteiger charge is 2.27. The second-order valence-corrected chi connectivity index (χ2v) is 12.5. The number of aliphatic hydroxyl groups is 2. The number of thiophene rings is 1. The van der Waals surface area contributed by atoms with Crippen LogP contribution >= 0.6 is 11.3 Å². The number of carbonyl (C=O) groups excluding carboxylic acids is 3. The Kier molecular flexibility index (Phi) is 11.3. The van der Waals surface area contributed by atoms with E-state index in [1.54, 1.807) is 30.3 Å². The monoisotopic (exact) mass is 641 g/mol. The average Bonchev–Trinajstić information content (AvgIpc) is 3.46. The summed E-state index contributed by atoms with van der Waals surface area (Å²) >= 11 is 1.47. The van der Waals surface area contributed by atoms with E-state index >= 15 is 0 Å². The topological polar surface area (TPSA) is 137 Å². The Morgan fingerprint density at radius 3 is 2.15 bits per heavy atom. The number of carbonyl (C=O) groups is 3. The molecular weight excluding hydrogens is 602 g/mol. The van der Waals surface area contributed by atoms with Crippen molar-refractivity contribution < 1.29 is 29.3 Å². The SMILES string of the molecule is COC(=O)c1ccc(CCc2ccc(NC(=O)c3c(NC(=O)c4cccc(CNC(CO)CO)c4)sc4c3CCCC4)cc2)cc1. The predicted octanol–water partition coefficient (Wildman–Crippen LogP) is 5.15.